The third kappa shape index (κ3) is 83.2. The maximum absolute atomic E-state index is 12.6. The smallest absolute Gasteiger partial charge is 0.305 e. The lowest BCUT2D eigenvalue weighted by atomic mass is 10.0. The van der Waals surface area contributed by atoms with Crippen molar-refractivity contribution in [2.75, 3.05) is 13.2 Å². The summed E-state index contributed by atoms with van der Waals surface area (Å²) in [5.41, 5.74) is 0. The quantitative estimate of drug-likeness (QED) is 0.0320. The summed E-state index contributed by atoms with van der Waals surface area (Å²) in [7, 11) is 0. The topological polar surface area (TPSA) is 95.9 Å². The molecule has 6 heteroatoms. The number of aliphatic hydroxyl groups is 2. The standard InChI is InChI=1S/C91H177NO5/c1-3-5-7-9-11-13-15-17-19-21-22-23-24-40-43-46-49-52-55-59-63-67-71-75-79-83-89(94)88(87-93)92-90(95)84-80-76-72-68-64-60-56-53-50-47-44-41-38-36-34-32-30-28-26-25-27-29-31-33-35-37-39-42-45-48-51-54-58-62-66-70-74-78-82-86-97-91(96)85-81-77-73-69-65-61-57-20-18-16-14-12-10-8-6-4-2/h14,16,20,57,88-89,93-94H,3-13,15,17-19,21-56,58-87H2,1-2H3,(H,92,95)/b16-14-,57-20-. The zero-order valence-electron chi connectivity index (χ0n) is 66.4. The number of amides is 1. The van der Waals surface area contributed by atoms with Crippen LogP contribution in [0, 0.1) is 0 Å². The van der Waals surface area contributed by atoms with Crippen LogP contribution in [0.5, 0.6) is 0 Å². The molecule has 0 aliphatic carbocycles. The van der Waals surface area contributed by atoms with Crippen LogP contribution in [-0.2, 0) is 14.3 Å². The fourth-order valence-corrected chi connectivity index (χ4v) is 14.7. The minimum absolute atomic E-state index is 0.0117. The average Bonchev–Trinajstić information content (AvgIpc) is 3.72. The van der Waals surface area contributed by atoms with E-state index in [0.29, 0.717) is 25.9 Å². The van der Waals surface area contributed by atoms with Gasteiger partial charge in [0.05, 0.1) is 25.4 Å². The Morgan fingerprint density at radius 3 is 0.794 bits per heavy atom. The second-order valence-corrected chi connectivity index (χ2v) is 31.3. The van der Waals surface area contributed by atoms with E-state index in [1.165, 1.54) is 437 Å². The Hall–Kier alpha value is -1.66. The number of hydrogen-bond donors (Lipinski definition) is 3. The molecule has 0 fully saturated rings. The molecule has 0 spiro atoms. The van der Waals surface area contributed by atoms with Gasteiger partial charge in [0.2, 0.25) is 5.91 Å². The summed E-state index contributed by atoms with van der Waals surface area (Å²) in [5.74, 6) is -0.0104. The Morgan fingerprint density at radius 2 is 0.515 bits per heavy atom. The van der Waals surface area contributed by atoms with Gasteiger partial charge in [-0.3, -0.25) is 9.59 Å². The van der Waals surface area contributed by atoms with Crippen molar-refractivity contribution in [3.05, 3.63) is 24.3 Å². The van der Waals surface area contributed by atoms with Crippen LogP contribution in [0.4, 0.5) is 0 Å². The first-order valence-corrected chi connectivity index (χ1v) is 45.1. The molecule has 0 rings (SSSR count). The lowest BCUT2D eigenvalue weighted by Crippen LogP contribution is -2.45. The number of carbonyl (C=O) groups excluding carboxylic acids is 2. The van der Waals surface area contributed by atoms with Crippen molar-refractivity contribution in [2.45, 2.75) is 533 Å². The van der Waals surface area contributed by atoms with Gasteiger partial charge in [0.25, 0.3) is 0 Å². The van der Waals surface area contributed by atoms with Crippen LogP contribution in [0.3, 0.4) is 0 Å². The highest BCUT2D eigenvalue weighted by Gasteiger charge is 2.20. The van der Waals surface area contributed by atoms with E-state index in [-0.39, 0.29) is 18.5 Å². The summed E-state index contributed by atoms with van der Waals surface area (Å²) in [4.78, 5) is 24.7. The largest absolute Gasteiger partial charge is 0.466 e. The SMILES string of the molecule is CCCCCC/C=C\C/C=C\CCCCCCCC(=O)OCCCCCCCCCCCCCCCCCCCCCCCCCCCCCCCCCCCCCCCCCC(=O)NC(CO)C(O)CCCCCCCCCCCCCCCCCCCCCCCCCCC. The summed E-state index contributed by atoms with van der Waals surface area (Å²) in [6, 6.07) is -0.538. The molecule has 0 heterocycles. The molecule has 2 unspecified atom stereocenters. The minimum atomic E-state index is -0.661. The van der Waals surface area contributed by atoms with Crippen LogP contribution in [0.2, 0.25) is 0 Å². The summed E-state index contributed by atoms with van der Waals surface area (Å²) >= 11 is 0. The number of rotatable bonds is 86. The fraction of sp³-hybridized carbons (Fsp3) is 0.934. The Bertz CT molecular complexity index is 1530. The van der Waals surface area contributed by atoms with E-state index in [2.05, 4.69) is 43.5 Å². The molecule has 2 atom stereocenters. The van der Waals surface area contributed by atoms with Gasteiger partial charge in [-0.2, -0.15) is 0 Å². The van der Waals surface area contributed by atoms with Gasteiger partial charge in [0.1, 0.15) is 0 Å². The van der Waals surface area contributed by atoms with Crippen LogP contribution in [0.15, 0.2) is 24.3 Å². The van der Waals surface area contributed by atoms with Crippen LogP contribution in [0.25, 0.3) is 0 Å². The highest BCUT2D eigenvalue weighted by molar-refractivity contribution is 5.76. The molecule has 97 heavy (non-hydrogen) atoms. The van der Waals surface area contributed by atoms with E-state index in [1.54, 1.807) is 0 Å². The lowest BCUT2D eigenvalue weighted by molar-refractivity contribution is -0.143. The third-order valence-electron chi connectivity index (χ3n) is 21.5. The normalized spacial score (nSPS) is 12.5. The van der Waals surface area contributed by atoms with Gasteiger partial charge in [-0.1, -0.05) is 475 Å². The van der Waals surface area contributed by atoms with E-state index in [4.69, 9.17) is 4.74 Å². The van der Waals surface area contributed by atoms with Crippen molar-refractivity contribution in [3.63, 3.8) is 0 Å². The molecule has 3 N–H and O–H groups in total. The maximum Gasteiger partial charge on any atom is 0.305 e. The second-order valence-electron chi connectivity index (χ2n) is 31.3. The van der Waals surface area contributed by atoms with E-state index < -0.39 is 12.1 Å². The molecule has 0 aliphatic heterocycles. The molecule has 6 nitrogen and oxygen atoms in total. The molecule has 0 saturated heterocycles. The Morgan fingerprint density at radius 1 is 0.289 bits per heavy atom. The number of carbonyl (C=O) groups is 2. The van der Waals surface area contributed by atoms with Gasteiger partial charge in [-0.25, -0.2) is 0 Å². The van der Waals surface area contributed by atoms with Gasteiger partial charge >= 0.3 is 5.97 Å². The van der Waals surface area contributed by atoms with Crippen LogP contribution >= 0.6 is 0 Å². The fourth-order valence-electron chi connectivity index (χ4n) is 14.7. The monoisotopic (exact) mass is 1360 g/mol. The Labute approximate surface area is 609 Å². The average molecular weight is 1370 g/mol. The van der Waals surface area contributed by atoms with E-state index in [0.717, 1.165) is 51.4 Å². The van der Waals surface area contributed by atoms with Crippen LogP contribution in [-0.4, -0.2) is 47.4 Å². The summed E-state index contributed by atoms with van der Waals surface area (Å²) in [6.45, 7) is 4.99. The number of esters is 1. The zero-order chi connectivity index (χ0) is 69.8. The molecule has 0 aromatic carbocycles. The number of hydrogen-bond acceptors (Lipinski definition) is 5. The number of aliphatic hydroxyl groups excluding tert-OH is 2. The lowest BCUT2D eigenvalue weighted by Gasteiger charge is -2.22. The molecule has 0 saturated carbocycles. The molecule has 0 aromatic rings. The second kappa shape index (κ2) is 86.7. The number of nitrogens with one attached hydrogen (secondary N) is 1. The molecule has 0 bridgehead atoms. The van der Waals surface area contributed by atoms with Crippen LogP contribution < -0.4 is 5.32 Å². The highest BCUT2D eigenvalue weighted by Crippen LogP contribution is 2.22. The van der Waals surface area contributed by atoms with E-state index in [1.807, 2.05) is 0 Å². The molecule has 1 amide bonds. The first-order chi connectivity index (χ1) is 48.0. The molecular weight excluding hydrogens is 1190 g/mol. The Balaban J connectivity index is 3.30. The molecule has 0 aromatic heterocycles. The van der Waals surface area contributed by atoms with Crippen molar-refractivity contribution < 1.29 is 24.5 Å². The predicted molar refractivity (Wildman–Crippen MR) is 430 cm³/mol. The van der Waals surface area contributed by atoms with Gasteiger partial charge in [0, 0.05) is 12.8 Å². The van der Waals surface area contributed by atoms with Gasteiger partial charge in [-0.15, -0.1) is 0 Å². The molecule has 0 aliphatic rings. The van der Waals surface area contributed by atoms with Crippen molar-refractivity contribution in [2.24, 2.45) is 0 Å². The maximum atomic E-state index is 12.6. The van der Waals surface area contributed by atoms with E-state index in [9.17, 15) is 19.8 Å². The number of allylic oxidation sites excluding steroid dienone is 4. The highest BCUT2D eigenvalue weighted by atomic mass is 16.5. The third-order valence-corrected chi connectivity index (χ3v) is 21.5. The van der Waals surface area contributed by atoms with Gasteiger partial charge in [-0.05, 0) is 57.8 Å². The Kier molecular flexibility index (Phi) is 85.3. The van der Waals surface area contributed by atoms with Gasteiger partial charge in [0.15, 0.2) is 0 Å². The molecular formula is C91H177NO5. The van der Waals surface area contributed by atoms with Crippen molar-refractivity contribution in [1.82, 2.24) is 5.32 Å². The minimum Gasteiger partial charge on any atom is -0.466 e. The van der Waals surface area contributed by atoms with Crippen LogP contribution in [0.1, 0.15) is 521 Å². The number of unbranched alkanes of at least 4 members (excludes halogenated alkanes) is 71. The first kappa shape index (κ1) is 95.3. The van der Waals surface area contributed by atoms with Gasteiger partial charge < -0.3 is 20.3 Å². The summed E-state index contributed by atoms with van der Waals surface area (Å²) < 4.78 is 5.50. The zero-order valence-corrected chi connectivity index (χ0v) is 66.4. The number of ether oxygens (including phenoxy) is 1. The summed E-state index contributed by atoms with van der Waals surface area (Å²) in [5, 5.41) is 23.5. The van der Waals surface area contributed by atoms with Crippen molar-refractivity contribution >= 4 is 11.9 Å². The van der Waals surface area contributed by atoms with Crippen molar-refractivity contribution in [1.29, 1.82) is 0 Å². The molecule has 576 valence electrons. The first-order valence-electron chi connectivity index (χ1n) is 45.1. The van der Waals surface area contributed by atoms with Crippen molar-refractivity contribution in [3.8, 4) is 0 Å². The summed E-state index contributed by atoms with van der Waals surface area (Å²) in [6.07, 6.45) is 113. The van der Waals surface area contributed by atoms with E-state index >= 15 is 0 Å². The predicted octanol–water partition coefficient (Wildman–Crippen LogP) is 30.3. The molecule has 0 radical (unpaired) electrons.